The van der Waals surface area contributed by atoms with Crippen LogP contribution in [0.15, 0.2) is 36.4 Å². The molecule has 0 unspecified atom stereocenters. The lowest BCUT2D eigenvalue weighted by molar-refractivity contribution is 0.0798. The monoisotopic (exact) mass is 248 g/mol. The Hall–Kier alpha value is -1.61. The Morgan fingerprint density at radius 2 is 2.06 bits per heavy atom. The minimum absolute atomic E-state index is 0.101. The number of halogens is 1. The van der Waals surface area contributed by atoms with Gasteiger partial charge in [-0.15, -0.1) is 11.6 Å². The summed E-state index contributed by atoms with van der Waals surface area (Å²) in [5.74, 6) is 0.326. The summed E-state index contributed by atoms with van der Waals surface area (Å²) in [6, 6.07) is 11.4. The molecule has 0 N–H and O–H groups in total. The molecule has 4 heteroatoms. The summed E-state index contributed by atoms with van der Waals surface area (Å²) >= 11 is 5.61. The quantitative estimate of drug-likeness (QED) is 0.782. The van der Waals surface area contributed by atoms with Gasteiger partial charge in [-0.3, -0.25) is 4.79 Å². The average molecular weight is 249 g/mol. The molecule has 17 heavy (non-hydrogen) atoms. The average Bonchev–Trinajstić information content (AvgIpc) is 2.37. The van der Waals surface area contributed by atoms with E-state index in [-0.39, 0.29) is 5.91 Å². The predicted octanol–water partition coefficient (Wildman–Crippen LogP) is 2.55. The van der Waals surface area contributed by atoms with Crippen LogP contribution in [0.3, 0.4) is 0 Å². The Labute approximate surface area is 105 Å². The van der Waals surface area contributed by atoms with Crippen LogP contribution in [0.25, 0.3) is 10.9 Å². The van der Waals surface area contributed by atoms with E-state index in [0.29, 0.717) is 18.1 Å². The Morgan fingerprint density at radius 1 is 1.29 bits per heavy atom. The number of amides is 1. The molecule has 0 aliphatic rings. The number of carbonyl (C=O) groups is 1. The first-order valence-corrected chi connectivity index (χ1v) is 5.93. The first kappa shape index (κ1) is 11.9. The molecule has 0 saturated heterocycles. The minimum atomic E-state index is -0.101. The first-order chi connectivity index (χ1) is 8.22. The van der Waals surface area contributed by atoms with Crippen molar-refractivity contribution in [2.24, 2.45) is 0 Å². The smallest absolute Gasteiger partial charge is 0.272 e. The van der Waals surface area contributed by atoms with Gasteiger partial charge in [0.15, 0.2) is 0 Å². The Bertz CT molecular complexity index is 542. The zero-order chi connectivity index (χ0) is 12.3. The summed E-state index contributed by atoms with van der Waals surface area (Å²) in [6.45, 7) is 0.523. The second-order valence-corrected chi connectivity index (χ2v) is 4.18. The van der Waals surface area contributed by atoms with Crippen molar-refractivity contribution in [3.05, 3.63) is 42.1 Å². The number of aromatic nitrogens is 1. The lowest BCUT2D eigenvalue weighted by Crippen LogP contribution is -2.29. The fraction of sp³-hybridized carbons (Fsp3) is 0.231. The predicted molar refractivity (Wildman–Crippen MR) is 69.4 cm³/mol. The van der Waals surface area contributed by atoms with Gasteiger partial charge in [-0.25, -0.2) is 4.98 Å². The maximum Gasteiger partial charge on any atom is 0.272 e. The number of fused-ring (bicyclic) bond motifs is 1. The SMILES string of the molecule is CN(CCCl)C(=O)c1ccc2ccccc2n1. The second-order valence-electron chi connectivity index (χ2n) is 3.80. The Kier molecular flexibility index (Phi) is 3.59. The van der Waals surface area contributed by atoms with Gasteiger partial charge < -0.3 is 4.90 Å². The van der Waals surface area contributed by atoms with E-state index in [1.165, 1.54) is 0 Å². The van der Waals surface area contributed by atoms with Crippen LogP contribution in [0.5, 0.6) is 0 Å². The third kappa shape index (κ3) is 2.56. The van der Waals surface area contributed by atoms with Crippen LogP contribution < -0.4 is 0 Å². The van der Waals surface area contributed by atoms with Crippen molar-refractivity contribution in [1.82, 2.24) is 9.88 Å². The summed E-state index contributed by atoms with van der Waals surface area (Å²) < 4.78 is 0. The highest BCUT2D eigenvalue weighted by Crippen LogP contribution is 2.12. The number of para-hydroxylation sites is 1. The van der Waals surface area contributed by atoms with E-state index < -0.39 is 0 Å². The molecule has 0 aliphatic heterocycles. The zero-order valence-electron chi connectivity index (χ0n) is 9.56. The summed E-state index contributed by atoms with van der Waals surface area (Å²) in [4.78, 5) is 17.9. The molecule has 88 valence electrons. The van der Waals surface area contributed by atoms with E-state index in [1.54, 1.807) is 18.0 Å². The van der Waals surface area contributed by atoms with E-state index in [9.17, 15) is 4.79 Å². The highest BCUT2D eigenvalue weighted by Gasteiger charge is 2.12. The number of hydrogen-bond acceptors (Lipinski definition) is 2. The molecule has 1 heterocycles. The number of nitrogens with zero attached hydrogens (tertiary/aromatic N) is 2. The van der Waals surface area contributed by atoms with E-state index in [1.807, 2.05) is 30.3 Å². The van der Waals surface area contributed by atoms with Crippen molar-refractivity contribution in [3.8, 4) is 0 Å². The molecule has 0 spiro atoms. The molecule has 0 atom stereocenters. The van der Waals surface area contributed by atoms with Gasteiger partial charge in [-0.05, 0) is 12.1 Å². The van der Waals surface area contributed by atoms with Crippen LogP contribution in [-0.2, 0) is 0 Å². The van der Waals surface area contributed by atoms with Crippen molar-refractivity contribution in [2.75, 3.05) is 19.5 Å². The molecule has 0 radical (unpaired) electrons. The van der Waals surface area contributed by atoms with Gasteiger partial charge in [0.2, 0.25) is 0 Å². The van der Waals surface area contributed by atoms with E-state index >= 15 is 0 Å². The molecule has 1 aromatic heterocycles. The summed E-state index contributed by atoms with van der Waals surface area (Å²) in [5.41, 5.74) is 1.29. The van der Waals surface area contributed by atoms with Gasteiger partial charge in [0.1, 0.15) is 5.69 Å². The molecule has 0 saturated carbocycles. The number of pyridine rings is 1. The van der Waals surface area contributed by atoms with Crippen LogP contribution in [0, 0.1) is 0 Å². The lowest BCUT2D eigenvalue weighted by Gasteiger charge is -2.14. The minimum Gasteiger partial charge on any atom is -0.339 e. The highest BCUT2D eigenvalue weighted by atomic mass is 35.5. The number of hydrogen-bond donors (Lipinski definition) is 0. The van der Waals surface area contributed by atoms with Gasteiger partial charge in [0.25, 0.3) is 5.91 Å². The third-order valence-corrected chi connectivity index (χ3v) is 2.75. The van der Waals surface area contributed by atoms with E-state index in [0.717, 1.165) is 10.9 Å². The number of benzene rings is 1. The van der Waals surface area contributed by atoms with Crippen molar-refractivity contribution >= 4 is 28.4 Å². The molecule has 1 amide bonds. The Morgan fingerprint density at radius 3 is 2.82 bits per heavy atom. The largest absolute Gasteiger partial charge is 0.339 e. The Balaban J connectivity index is 2.33. The van der Waals surface area contributed by atoms with Crippen LogP contribution in [0.2, 0.25) is 0 Å². The number of carbonyl (C=O) groups excluding carboxylic acids is 1. The lowest BCUT2D eigenvalue weighted by atomic mass is 10.2. The molecular weight excluding hydrogens is 236 g/mol. The van der Waals surface area contributed by atoms with Gasteiger partial charge in [0, 0.05) is 24.9 Å². The third-order valence-electron chi connectivity index (χ3n) is 2.58. The molecule has 1 aromatic carbocycles. The summed E-state index contributed by atoms with van der Waals surface area (Å²) in [6.07, 6.45) is 0. The normalized spacial score (nSPS) is 10.5. The van der Waals surface area contributed by atoms with Gasteiger partial charge in [-0.1, -0.05) is 24.3 Å². The van der Waals surface area contributed by atoms with Crippen LogP contribution in [0.4, 0.5) is 0 Å². The standard InChI is InChI=1S/C13H13ClN2O/c1-16(9-8-14)13(17)12-7-6-10-4-2-3-5-11(10)15-12/h2-7H,8-9H2,1H3. The summed E-state index contributed by atoms with van der Waals surface area (Å²) in [7, 11) is 1.72. The van der Waals surface area contributed by atoms with Crippen LogP contribution >= 0.6 is 11.6 Å². The fourth-order valence-electron chi connectivity index (χ4n) is 1.61. The van der Waals surface area contributed by atoms with Gasteiger partial charge >= 0.3 is 0 Å². The molecule has 0 aliphatic carbocycles. The summed E-state index contributed by atoms with van der Waals surface area (Å²) in [5, 5.41) is 1.03. The molecule has 0 bridgehead atoms. The fourth-order valence-corrected chi connectivity index (χ4v) is 1.86. The van der Waals surface area contributed by atoms with Crippen LogP contribution in [-0.4, -0.2) is 35.3 Å². The molecular formula is C13H13ClN2O. The topological polar surface area (TPSA) is 33.2 Å². The van der Waals surface area contributed by atoms with E-state index in [2.05, 4.69) is 4.98 Å². The zero-order valence-corrected chi connectivity index (χ0v) is 10.3. The maximum atomic E-state index is 12.0. The molecule has 2 rings (SSSR count). The van der Waals surface area contributed by atoms with Crippen molar-refractivity contribution in [2.45, 2.75) is 0 Å². The second kappa shape index (κ2) is 5.15. The molecule has 0 fully saturated rings. The molecule has 3 nitrogen and oxygen atoms in total. The maximum absolute atomic E-state index is 12.0. The van der Waals surface area contributed by atoms with Gasteiger partial charge in [0.05, 0.1) is 5.52 Å². The van der Waals surface area contributed by atoms with Crippen LogP contribution in [0.1, 0.15) is 10.5 Å². The van der Waals surface area contributed by atoms with E-state index in [4.69, 9.17) is 11.6 Å². The van der Waals surface area contributed by atoms with Crippen molar-refractivity contribution < 1.29 is 4.79 Å². The number of rotatable bonds is 3. The molecule has 2 aromatic rings. The number of alkyl halides is 1. The first-order valence-electron chi connectivity index (χ1n) is 5.39. The van der Waals surface area contributed by atoms with Crippen molar-refractivity contribution in [1.29, 1.82) is 0 Å². The van der Waals surface area contributed by atoms with Crippen molar-refractivity contribution in [3.63, 3.8) is 0 Å². The van der Waals surface area contributed by atoms with Gasteiger partial charge in [-0.2, -0.15) is 0 Å². The highest BCUT2D eigenvalue weighted by molar-refractivity contribution is 6.18.